The van der Waals surface area contributed by atoms with Gasteiger partial charge in [0.1, 0.15) is 19.8 Å². The van der Waals surface area contributed by atoms with Crippen molar-refractivity contribution in [3.8, 4) is 0 Å². The van der Waals surface area contributed by atoms with Crippen LogP contribution in [-0.4, -0.2) is 70.0 Å². The van der Waals surface area contributed by atoms with E-state index in [4.69, 9.17) is 18.5 Å². The first-order chi connectivity index (χ1) is 33.0. The Bertz CT molecular complexity index is 1380. The smallest absolute Gasteiger partial charge is 0.306 e. The molecule has 0 amide bonds. The minimum Gasteiger partial charge on any atom is -0.756 e. The first-order valence-electron chi connectivity index (χ1n) is 27.6. The predicted octanol–water partition coefficient (Wildman–Crippen LogP) is 16.3. The molecule has 0 rings (SSSR count). The number of hydrogen-bond donors (Lipinski definition) is 0. The van der Waals surface area contributed by atoms with Gasteiger partial charge in [0.05, 0.1) is 27.7 Å². The van der Waals surface area contributed by atoms with Crippen molar-refractivity contribution >= 4 is 19.8 Å². The molecule has 0 aromatic rings. The third-order valence-electron chi connectivity index (χ3n) is 11.7. The van der Waals surface area contributed by atoms with Gasteiger partial charge >= 0.3 is 11.9 Å². The van der Waals surface area contributed by atoms with E-state index in [1.165, 1.54) is 116 Å². The quantitative estimate of drug-likeness (QED) is 0.0195. The Morgan fingerprint density at radius 3 is 1.25 bits per heavy atom. The van der Waals surface area contributed by atoms with Crippen LogP contribution in [0.15, 0.2) is 72.9 Å². The first kappa shape index (κ1) is 65.5. The van der Waals surface area contributed by atoms with Gasteiger partial charge in [-0.2, -0.15) is 0 Å². The molecule has 0 fully saturated rings. The number of esters is 2. The highest BCUT2D eigenvalue weighted by molar-refractivity contribution is 7.45. The highest BCUT2D eigenvalue weighted by Gasteiger charge is 2.21. The molecule has 2 unspecified atom stereocenters. The van der Waals surface area contributed by atoms with E-state index in [0.717, 1.165) is 83.5 Å². The van der Waals surface area contributed by atoms with Crippen molar-refractivity contribution in [2.24, 2.45) is 0 Å². The number of unbranched alkanes of at least 4 members (excludes halogenated alkanes) is 24. The molecular weight excluding hydrogens is 870 g/mol. The van der Waals surface area contributed by atoms with Gasteiger partial charge in [0.25, 0.3) is 7.82 Å². The molecule has 0 aliphatic heterocycles. The fourth-order valence-electron chi connectivity index (χ4n) is 7.44. The molecule has 0 aliphatic carbocycles. The van der Waals surface area contributed by atoms with E-state index in [1.54, 1.807) is 0 Å². The second-order valence-electron chi connectivity index (χ2n) is 19.6. The van der Waals surface area contributed by atoms with Gasteiger partial charge in [-0.05, 0) is 83.5 Å². The maximum Gasteiger partial charge on any atom is 0.306 e. The van der Waals surface area contributed by atoms with E-state index in [9.17, 15) is 19.0 Å². The Kier molecular flexibility index (Phi) is 47.6. The Labute approximate surface area is 418 Å². The summed E-state index contributed by atoms with van der Waals surface area (Å²) in [6, 6.07) is 0. The van der Waals surface area contributed by atoms with Crippen LogP contribution >= 0.6 is 7.82 Å². The monoisotopic (exact) mass is 974 g/mol. The van der Waals surface area contributed by atoms with Crippen LogP contribution in [0.25, 0.3) is 0 Å². The molecule has 0 aromatic heterocycles. The summed E-state index contributed by atoms with van der Waals surface area (Å²) >= 11 is 0. The number of ether oxygens (including phenoxy) is 2. The van der Waals surface area contributed by atoms with E-state index in [1.807, 2.05) is 21.1 Å². The van der Waals surface area contributed by atoms with Crippen LogP contribution in [-0.2, 0) is 32.7 Å². The van der Waals surface area contributed by atoms with Gasteiger partial charge in [-0.25, -0.2) is 0 Å². The maximum absolute atomic E-state index is 12.8. The van der Waals surface area contributed by atoms with Crippen LogP contribution in [0.2, 0.25) is 0 Å². The number of phosphoric ester groups is 1. The molecule has 394 valence electrons. The van der Waals surface area contributed by atoms with Crippen LogP contribution in [0.4, 0.5) is 0 Å². The SMILES string of the molecule is CC/C=C\C/C=C\C/C=C\C/C=C\CCCCCCCCCCCCCCC(=O)OC(COC(=O)CCCCCCCCCCC/C=C\C/C=C\CCCCC)COP(=O)([O-])OCC[N+](C)(C)C. The Balaban J connectivity index is 4.20. The largest absolute Gasteiger partial charge is 0.756 e. The zero-order valence-electron chi connectivity index (χ0n) is 44.5. The second kappa shape index (κ2) is 49.4. The lowest BCUT2D eigenvalue weighted by atomic mass is 10.0. The Hall–Kier alpha value is -2.55. The summed E-state index contributed by atoms with van der Waals surface area (Å²) in [6.45, 7) is 4.10. The van der Waals surface area contributed by atoms with Crippen LogP contribution in [0, 0.1) is 0 Å². The zero-order valence-corrected chi connectivity index (χ0v) is 45.4. The maximum atomic E-state index is 12.8. The number of quaternary nitrogens is 1. The lowest BCUT2D eigenvalue weighted by Gasteiger charge is -2.28. The number of allylic oxidation sites excluding steroid dienone is 12. The van der Waals surface area contributed by atoms with Gasteiger partial charge in [0, 0.05) is 12.8 Å². The van der Waals surface area contributed by atoms with Gasteiger partial charge < -0.3 is 27.9 Å². The molecule has 0 saturated carbocycles. The third-order valence-corrected chi connectivity index (χ3v) is 12.7. The molecule has 68 heavy (non-hydrogen) atoms. The summed E-state index contributed by atoms with van der Waals surface area (Å²) < 4.78 is 34.1. The van der Waals surface area contributed by atoms with E-state index in [0.29, 0.717) is 17.4 Å². The van der Waals surface area contributed by atoms with Gasteiger partial charge in [0.15, 0.2) is 6.10 Å². The molecule has 0 aliphatic rings. The molecule has 0 N–H and O–H groups in total. The van der Waals surface area contributed by atoms with E-state index in [-0.39, 0.29) is 32.0 Å². The van der Waals surface area contributed by atoms with Crippen molar-refractivity contribution in [3.63, 3.8) is 0 Å². The summed E-state index contributed by atoms with van der Waals surface area (Å²) in [5.41, 5.74) is 0. The summed E-state index contributed by atoms with van der Waals surface area (Å²) in [5.74, 6) is -0.839. The number of nitrogens with zero attached hydrogens (tertiary/aromatic N) is 1. The van der Waals surface area contributed by atoms with Crippen LogP contribution < -0.4 is 4.89 Å². The van der Waals surface area contributed by atoms with Crippen molar-refractivity contribution in [2.45, 2.75) is 238 Å². The van der Waals surface area contributed by atoms with Crippen molar-refractivity contribution < 1.29 is 42.1 Å². The number of rotatable bonds is 50. The zero-order chi connectivity index (χ0) is 49.9. The molecule has 0 radical (unpaired) electrons. The molecule has 0 aromatic carbocycles. The molecular formula is C58H104NO8P. The molecule has 2 atom stereocenters. The lowest BCUT2D eigenvalue weighted by Crippen LogP contribution is -2.37. The number of hydrogen-bond acceptors (Lipinski definition) is 8. The van der Waals surface area contributed by atoms with Crippen molar-refractivity contribution in [1.82, 2.24) is 0 Å². The average molecular weight is 974 g/mol. The Morgan fingerprint density at radius 2 is 0.838 bits per heavy atom. The van der Waals surface area contributed by atoms with E-state index < -0.39 is 26.5 Å². The van der Waals surface area contributed by atoms with Crippen molar-refractivity contribution in [3.05, 3.63) is 72.9 Å². The third kappa shape index (κ3) is 52.8. The molecule has 9 nitrogen and oxygen atoms in total. The van der Waals surface area contributed by atoms with E-state index >= 15 is 0 Å². The number of phosphoric acid groups is 1. The van der Waals surface area contributed by atoms with Crippen LogP contribution in [0.5, 0.6) is 0 Å². The predicted molar refractivity (Wildman–Crippen MR) is 286 cm³/mol. The highest BCUT2D eigenvalue weighted by atomic mass is 31.2. The lowest BCUT2D eigenvalue weighted by molar-refractivity contribution is -0.870. The normalized spacial score (nSPS) is 13.9. The average Bonchev–Trinajstić information content (AvgIpc) is 3.30. The number of carbonyl (C=O) groups is 2. The fraction of sp³-hybridized carbons (Fsp3) is 0.759. The molecule has 0 bridgehead atoms. The summed E-state index contributed by atoms with van der Waals surface area (Å²) in [4.78, 5) is 37.8. The minimum absolute atomic E-state index is 0.0342. The van der Waals surface area contributed by atoms with Gasteiger partial charge in [0.2, 0.25) is 0 Å². The van der Waals surface area contributed by atoms with Crippen molar-refractivity contribution in [1.29, 1.82) is 0 Å². The topological polar surface area (TPSA) is 111 Å². The molecule has 0 heterocycles. The molecule has 0 spiro atoms. The Morgan fingerprint density at radius 1 is 0.471 bits per heavy atom. The summed E-state index contributed by atoms with van der Waals surface area (Å²) in [6.07, 6.45) is 63.6. The van der Waals surface area contributed by atoms with Crippen LogP contribution in [0.1, 0.15) is 232 Å². The molecule has 10 heteroatoms. The highest BCUT2D eigenvalue weighted by Crippen LogP contribution is 2.38. The fourth-order valence-corrected chi connectivity index (χ4v) is 8.17. The molecule has 0 saturated heterocycles. The standard InChI is InChI=1S/C58H104NO8P/c1-6-8-10-12-14-16-18-20-22-24-26-27-28-29-30-31-33-35-37-39-41-43-45-47-49-51-58(61)67-56(55-66-68(62,63)65-53-52-59(3,4)5)54-64-57(60)50-48-46-44-42-40-38-36-34-32-25-23-21-19-17-15-13-11-9-7-2/h8,10,14-17,20-23,26-27,56H,6-7,9,11-13,18-19,24-25,28-55H2,1-5H3/b10-8-,16-14-,17-15-,22-20-,23-21-,27-26-. The summed E-state index contributed by atoms with van der Waals surface area (Å²) in [5, 5.41) is 0. The van der Waals surface area contributed by atoms with Gasteiger partial charge in [-0.1, -0.05) is 209 Å². The first-order valence-corrected chi connectivity index (χ1v) is 29.1. The second-order valence-corrected chi connectivity index (χ2v) is 21.0. The van der Waals surface area contributed by atoms with Crippen molar-refractivity contribution in [2.75, 3.05) is 47.5 Å². The summed E-state index contributed by atoms with van der Waals surface area (Å²) in [7, 11) is 1.16. The van der Waals surface area contributed by atoms with Crippen LogP contribution in [0.3, 0.4) is 0 Å². The number of likely N-dealkylation sites (N-methyl/N-ethyl adjacent to an activating group) is 1. The number of carbonyl (C=O) groups excluding carboxylic acids is 2. The minimum atomic E-state index is -4.64. The van der Waals surface area contributed by atoms with E-state index in [2.05, 4.69) is 86.8 Å². The van der Waals surface area contributed by atoms with Gasteiger partial charge in [-0.15, -0.1) is 0 Å². The van der Waals surface area contributed by atoms with Gasteiger partial charge in [-0.3, -0.25) is 14.2 Å².